The molecule has 4 rings (SSSR count). The van der Waals surface area contributed by atoms with Gasteiger partial charge in [-0.3, -0.25) is 0 Å². The van der Waals surface area contributed by atoms with Crippen LogP contribution in [0.25, 0.3) is 0 Å². The van der Waals surface area contributed by atoms with Crippen molar-refractivity contribution in [1.82, 2.24) is 15.3 Å². The first kappa shape index (κ1) is 34.2. The zero-order chi connectivity index (χ0) is 27.2. The Kier molecular flexibility index (Phi) is 16.6. The minimum atomic E-state index is -0.741. The Morgan fingerprint density at radius 2 is 1.47 bits per heavy atom. The monoisotopic (exact) mass is 592 g/mol. The van der Waals surface area contributed by atoms with Gasteiger partial charge in [-0.05, 0) is 53.4 Å². The van der Waals surface area contributed by atoms with E-state index in [-0.39, 0.29) is 50.0 Å². The Hall–Kier alpha value is -1.83. The van der Waals surface area contributed by atoms with Crippen molar-refractivity contribution in [1.29, 1.82) is 0 Å². The molecule has 0 spiro atoms. The molecule has 2 aliphatic heterocycles. The number of rotatable bonds is 5. The number of carbonyl (C=O) groups is 2. The highest BCUT2D eigenvalue weighted by molar-refractivity contribution is 7.09. The number of nitrogens with one attached hydrogen (secondary N) is 1. The van der Waals surface area contributed by atoms with Gasteiger partial charge in [0.2, 0.25) is 0 Å². The number of thiazole rings is 2. The minimum Gasteiger partial charge on any atom is -0.451 e. The van der Waals surface area contributed by atoms with Crippen LogP contribution < -0.4 is 11.1 Å². The molecule has 2 aliphatic rings. The van der Waals surface area contributed by atoms with E-state index >= 15 is 0 Å². The average Bonchev–Trinajstić information content (AvgIpc) is 3.54. The highest BCUT2D eigenvalue weighted by atomic mass is 35.5. The van der Waals surface area contributed by atoms with E-state index in [0.717, 1.165) is 35.7 Å². The van der Waals surface area contributed by atoms with Crippen molar-refractivity contribution in [2.45, 2.75) is 97.3 Å². The number of nitrogens with two attached hydrogens (primary N) is 1. The summed E-state index contributed by atoms with van der Waals surface area (Å²) < 4.78 is 20.7. The van der Waals surface area contributed by atoms with Gasteiger partial charge in [0.05, 0.1) is 31.5 Å². The lowest BCUT2D eigenvalue weighted by molar-refractivity contribution is -0.00533. The Bertz CT molecular complexity index is 886. The summed E-state index contributed by atoms with van der Waals surface area (Å²) >= 11 is 8.07. The molecule has 0 aliphatic carbocycles. The van der Waals surface area contributed by atoms with E-state index in [1.54, 1.807) is 42.7 Å². The van der Waals surface area contributed by atoms with Crippen LogP contribution in [0.3, 0.4) is 0 Å². The smallest absolute Gasteiger partial charge is 0.407 e. The second-order valence-corrected chi connectivity index (χ2v) is 11.2. The number of ether oxygens (including phenoxy) is 4. The Labute approximate surface area is 238 Å². The van der Waals surface area contributed by atoms with Gasteiger partial charge in [-0.15, -0.1) is 22.7 Å². The molecule has 0 aromatic carbocycles. The van der Waals surface area contributed by atoms with Crippen LogP contribution >= 0.6 is 34.3 Å². The summed E-state index contributed by atoms with van der Waals surface area (Å²) in [7, 11) is 0. The molecule has 0 radical (unpaired) electrons. The molecular weight excluding hydrogens is 552 g/mol. The molecule has 13 heteroatoms. The summed E-state index contributed by atoms with van der Waals surface area (Å²) in [6, 6.07) is 0.258. The molecule has 2 unspecified atom stereocenters. The summed E-state index contributed by atoms with van der Waals surface area (Å²) in [6.07, 6.45) is 7.12. The Morgan fingerprint density at radius 1 is 0.947 bits per heavy atom. The zero-order valence-corrected chi connectivity index (χ0v) is 24.0. The molecule has 216 valence electrons. The standard InChI is InChI=1S/C12H18N2O3S.C8H12N2OS.C4H7ClO2.CH4/c1-8(2)17-12(15)14-9-3-4-10(16-7-9)11-13-5-6-18-11;9-6-1-2-7(11-5-6)8-10-3-4-12-8;1-3(2)7-4(5)6;/h5-6,8-10H,3-4,7H2,1-2H3,(H,14,15);3-4,6-7H,1-2,5,9H2;3H,1-2H3;1H4/t9-,10+;;;/m1.../s1. The third kappa shape index (κ3) is 13.8. The van der Waals surface area contributed by atoms with Crippen molar-refractivity contribution in [2.75, 3.05) is 13.2 Å². The van der Waals surface area contributed by atoms with E-state index in [9.17, 15) is 9.59 Å². The van der Waals surface area contributed by atoms with Gasteiger partial charge in [-0.1, -0.05) is 7.43 Å². The predicted octanol–water partition coefficient (Wildman–Crippen LogP) is 6.23. The molecule has 4 heterocycles. The maximum atomic E-state index is 11.4. The van der Waals surface area contributed by atoms with Gasteiger partial charge >= 0.3 is 11.5 Å². The number of alkyl carbamates (subject to hydrolysis) is 1. The predicted molar refractivity (Wildman–Crippen MR) is 151 cm³/mol. The fourth-order valence-corrected chi connectivity index (χ4v) is 5.03. The number of nitrogens with zero attached hydrogens (tertiary/aromatic N) is 2. The summed E-state index contributed by atoms with van der Waals surface area (Å²) in [6.45, 7) is 8.31. The Balaban J connectivity index is 0.000000312. The zero-order valence-electron chi connectivity index (χ0n) is 21.6. The lowest BCUT2D eigenvalue weighted by atomic mass is 10.1. The highest BCUT2D eigenvalue weighted by Crippen LogP contribution is 2.29. The molecule has 1 amide bonds. The third-order valence-corrected chi connectivity index (χ3v) is 6.86. The first-order chi connectivity index (χ1) is 17.6. The SMILES string of the molecule is C.CC(C)OC(=O)Cl.CC(C)OC(=O)N[C@@H]1CC[C@@H](c2nccs2)OC1.NC1CCC(c2nccs2)OC1. The number of hydrogen-bond acceptors (Lipinski definition) is 11. The van der Waals surface area contributed by atoms with E-state index in [2.05, 4.69) is 20.0 Å². The van der Waals surface area contributed by atoms with Gasteiger partial charge in [-0.25, -0.2) is 19.6 Å². The fraction of sp³-hybridized carbons (Fsp3) is 0.680. The summed E-state index contributed by atoms with van der Waals surface area (Å²) in [5, 5.41) is 8.84. The Morgan fingerprint density at radius 3 is 1.82 bits per heavy atom. The largest absolute Gasteiger partial charge is 0.451 e. The molecule has 0 bridgehead atoms. The molecule has 10 nitrogen and oxygen atoms in total. The lowest BCUT2D eigenvalue weighted by Crippen LogP contribution is -2.42. The van der Waals surface area contributed by atoms with Crippen LogP contribution in [0.15, 0.2) is 23.2 Å². The van der Waals surface area contributed by atoms with Crippen LogP contribution in [0.2, 0.25) is 0 Å². The third-order valence-electron chi connectivity index (χ3n) is 5.03. The average molecular weight is 593 g/mol. The van der Waals surface area contributed by atoms with E-state index in [1.807, 2.05) is 30.8 Å². The number of halogens is 1. The van der Waals surface area contributed by atoms with E-state index in [0.29, 0.717) is 13.2 Å². The van der Waals surface area contributed by atoms with E-state index in [1.165, 1.54) is 0 Å². The van der Waals surface area contributed by atoms with Gasteiger partial charge in [0.15, 0.2) is 0 Å². The maximum Gasteiger partial charge on any atom is 0.407 e. The minimum absolute atomic E-state index is 0. The topological polar surface area (TPSA) is 135 Å². The van der Waals surface area contributed by atoms with Crippen LogP contribution in [0.5, 0.6) is 0 Å². The van der Waals surface area contributed by atoms with Gasteiger partial charge < -0.3 is 30.0 Å². The normalized spacial score (nSPS) is 22.6. The molecule has 2 aromatic rings. The number of carbonyl (C=O) groups excluding carboxylic acids is 2. The first-order valence-electron chi connectivity index (χ1n) is 12.2. The van der Waals surface area contributed by atoms with Crippen LogP contribution in [-0.4, -0.2) is 59.0 Å². The number of amides is 1. The van der Waals surface area contributed by atoms with Crippen molar-refractivity contribution >= 4 is 45.8 Å². The molecule has 2 fully saturated rings. The van der Waals surface area contributed by atoms with Crippen molar-refractivity contribution in [3.05, 3.63) is 33.2 Å². The van der Waals surface area contributed by atoms with Gasteiger partial charge in [0, 0.05) is 40.8 Å². The van der Waals surface area contributed by atoms with Gasteiger partial charge in [-0.2, -0.15) is 0 Å². The summed E-state index contributed by atoms with van der Waals surface area (Å²) in [5.41, 5.74) is 4.97. The molecule has 4 atom stereocenters. The van der Waals surface area contributed by atoms with Crippen LogP contribution in [0, 0.1) is 0 Å². The summed E-state index contributed by atoms with van der Waals surface area (Å²) in [5.74, 6) is 0. The van der Waals surface area contributed by atoms with Gasteiger partial charge in [0.25, 0.3) is 0 Å². The second-order valence-electron chi connectivity index (χ2n) is 9.00. The molecular formula is C25H41ClN4O6S2. The fourth-order valence-electron chi connectivity index (χ4n) is 3.41. The molecule has 3 N–H and O–H groups in total. The summed E-state index contributed by atoms with van der Waals surface area (Å²) in [4.78, 5) is 29.7. The maximum absolute atomic E-state index is 11.4. The van der Waals surface area contributed by atoms with Crippen molar-refractivity contribution in [3.8, 4) is 0 Å². The molecule has 2 aromatic heterocycles. The van der Waals surface area contributed by atoms with Crippen LogP contribution in [0.1, 0.15) is 83.0 Å². The quantitative estimate of drug-likeness (QED) is 0.387. The van der Waals surface area contributed by atoms with E-state index in [4.69, 9.17) is 31.5 Å². The number of hydrogen-bond donors (Lipinski definition) is 2. The van der Waals surface area contributed by atoms with Crippen molar-refractivity contribution in [3.63, 3.8) is 0 Å². The molecule has 0 saturated carbocycles. The lowest BCUT2D eigenvalue weighted by Gasteiger charge is -2.28. The van der Waals surface area contributed by atoms with Crippen LogP contribution in [-0.2, 0) is 18.9 Å². The first-order valence-corrected chi connectivity index (χ1v) is 14.4. The molecule has 2 saturated heterocycles. The van der Waals surface area contributed by atoms with Crippen molar-refractivity contribution < 1.29 is 28.5 Å². The second kappa shape index (κ2) is 18.5. The van der Waals surface area contributed by atoms with Crippen LogP contribution in [0.4, 0.5) is 9.59 Å². The highest BCUT2D eigenvalue weighted by Gasteiger charge is 2.26. The van der Waals surface area contributed by atoms with Gasteiger partial charge in [0.1, 0.15) is 22.2 Å². The van der Waals surface area contributed by atoms with Crippen molar-refractivity contribution in [2.24, 2.45) is 5.73 Å². The number of aromatic nitrogens is 2. The molecule has 38 heavy (non-hydrogen) atoms. The van der Waals surface area contributed by atoms with E-state index < -0.39 is 5.43 Å².